The minimum Gasteiger partial charge on any atom is -0.395 e. The van der Waals surface area contributed by atoms with E-state index in [9.17, 15) is 4.79 Å². The molecule has 0 aliphatic heterocycles. The first-order chi connectivity index (χ1) is 12.3. The van der Waals surface area contributed by atoms with Crippen LogP contribution in [-0.2, 0) is 9.22 Å². The van der Waals surface area contributed by atoms with Gasteiger partial charge < -0.3 is 4.43 Å². The molecule has 26 heavy (non-hydrogen) atoms. The number of benzene rings is 2. The Balaban J connectivity index is 2.23. The van der Waals surface area contributed by atoms with Crippen LogP contribution in [0.5, 0.6) is 0 Å². The van der Waals surface area contributed by atoms with Crippen molar-refractivity contribution in [2.75, 3.05) is 0 Å². The van der Waals surface area contributed by atoms with Crippen molar-refractivity contribution in [2.24, 2.45) is 0 Å². The van der Waals surface area contributed by atoms with E-state index >= 15 is 0 Å². The molecule has 1 fully saturated rings. The lowest BCUT2D eigenvalue weighted by molar-refractivity contribution is -0.137. The third-order valence-corrected chi connectivity index (χ3v) is 10.9. The van der Waals surface area contributed by atoms with Crippen LogP contribution in [0.25, 0.3) is 0 Å². The summed E-state index contributed by atoms with van der Waals surface area (Å²) in [4.78, 5) is 12.9. The fourth-order valence-corrected chi connectivity index (χ4v) is 9.07. The van der Waals surface area contributed by atoms with Gasteiger partial charge >= 0.3 is 0 Å². The van der Waals surface area contributed by atoms with Crippen molar-refractivity contribution >= 4 is 24.5 Å². The molecule has 138 valence electrons. The average molecular weight is 367 g/mol. The Hall–Kier alpha value is -1.71. The smallest absolute Gasteiger partial charge is 0.262 e. The van der Waals surface area contributed by atoms with Crippen molar-refractivity contribution in [2.45, 2.75) is 64.0 Å². The van der Waals surface area contributed by atoms with Crippen molar-refractivity contribution < 1.29 is 9.22 Å². The second-order valence-electron chi connectivity index (χ2n) is 8.63. The van der Waals surface area contributed by atoms with E-state index in [1.165, 1.54) is 10.4 Å². The van der Waals surface area contributed by atoms with Gasteiger partial charge in [0.1, 0.15) is 5.60 Å². The zero-order valence-electron chi connectivity index (χ0n) is 16.4. The Bertz CT molecular complexity index is 709. The highest BCUT2D eigenvalue weighted by atomic mass is 28.4. The Morgan fingerprint density at radius 3 is 1.81 bits per heavy atom. The summed E-state index contributed by atoms with van der Waals surface area (Å²) >= 11 is 0. The third-order valence-electron chi connectivity index (χ3n) is 5.69. The van der Waals surface area contributed by atoms with Gasteiger partial charge in [0.05, 0.1) is 0 Å². The van der Waals surface area contributed by atoms with Crippen LogP contribution >= 0.6 is 0 Å². The maximum absolute atomic E-state index is 12.9. The highest BCUT2D eigenvalue weighted by Gasteiger charge is 2.55. The minimum atomic E-state index is -2.67. The normalized spacial score (nSPS) is 21.6. The highest BCUT2D eigenvalue weighted by Crippen LogP contribution is 2.41. The van der Waals surface area contributed by atoms with Gasteiger partial charge in [0.2, 0.25) is 0 Å². The molecular formula is C23H30O2Si. The van der Waals surface area contributed by atoms with Gasteiger partial charge in [-0.2, -0.15) is 0 Å². The molecule has 1 atom stereocenters. The van der Waals surface area contributed by atoms with Gasteiger partial charge in [0.15, 0.2) is 5.78 Å². The van der Waals surface area contributed by atoms with Crippen LogP contribution in [0.4, 0.5) is 0 Å². The molecule has 0 radical (unpaired) electrons. The van der Waals surface area contributed by atoms with Gasteiger partial charge in [0.25, 0.3) is 8.32 Å². The zero-order chi connectivity index (χ0) is 18.8. The molecule has 0 heterocycles. The van der Waals surface area contributed by atoms with Crippen molar-refractivity contribution in [3.05, 3.63) is 60.7 Å². The summed E-state index contributed by atoms with van der Waals surface area (Å²) in [5.41, 5.74) is -0.691. The summed E-state index contributed by atoms with van der Waals surface area (Å²) in [6, 6.07) is 21.2. The number of carbonyl (C=O) groups is 1. The molecule has 0 bridgehead atoms. The lowest BCUT2D eigenvalue weighted by Crippen LogP contribution is -2.70. The monoisotopic (exact) mass is 366 g/mol. The standard InChI is InChI=1S/C23H30O2Si/c1-22(2,3)26(19-13-7-5-8-14-19,20-15-9-6-10-16-20)25-23(4)18-12-11-17-21(23)24/h5-10,13-16H,11-12,17-18H2,1-4H3. The molecule has 1 aliphatic carbocycles. The molecule has 3 rings (SSSR count). The summed E-state index contributed by atoms with van der Waals surface area (Å²) in [6.45, 7) is 8.80. The Labute approximate surface area is 158 Å². The highest BCUT2D eigenvalue weighted by molar-refractivity contribution is 6.99. The molecule has 1 saturated carbocycles. The average Bonchev–Trinajstić information content (AvgIpc) is 2.63. The van der Waals surface area contributed by atoms with E-state index in [1.807, 2.05) is 19.1 Å². The van der Waals surface area contributed by atoms with Crippen LogP contribution in [0.3, 0.4) is 0 Å². The van der Waals surface area contributed by atoms with E-state index in [-0.39, 0.29) is 10.8 Å². The topological polar surface area (TPSA) is 26.3 Å². The van der Waals surface area contributed by atoms with Crippen LogP contribution < -0.4 is 10.4 Å². The van der Waals surface area contributed by atoms with Crippen molar-refractivity contribution in [3.8, 4) is 0 Å². The molecule has 2 aromatic rings. The van der Waals surface area contributed by atoms with E-state index in [1.54, 1.807) is 0 Å². The molecule has 2 nitrogen and oxygen atoms in total. The fourth-order valence-electron chi connectivity index (χ4n) is 4.25. The van der Waals surface area contributed by atoms with Gasteiger partial charge in [-0.25, -0.2) is 0 Å². The predicted molar refractivity (Wildman–Crippen MR) is 111 cm³/mol. The molecule has 0 aromatic heterocycles. The number of hydrogen-bond acceptors (Lipinski definition) is 2. The molecule has 0 N–H and O–H groups in total. The number of Topliss-reactive ketones (excluding diaryl/α,β-unsaturated/α-hetero) is 1. The molecule has 2 aromatic carbocycles. The van der Waals surface area contributed by atoms with Crippen LogP contribution in [-0.4, -0.2) is 19.7 Å². The predicted octanol–water partition coefficient (Wildman–Crippen LogP) is 4.46. The summed E-state index contributed by atoms with van der Waals surface area (Å²) in [6.07, 6.45) is 3.49. The Morgan fingerprint density at radius 1 is 0.885 bits per heavy atom. The van der Waals surface area contributed by atoms with E-state index in [0.717, 1.165) is 19.3 Å². The Kier molecular flexibility index (Phi) is 5.22. The van der Waals surface area contributed by atoms with Crippen molar-refractivity contribution in [1.82, 2.24) is 0 Å². The molecule has 0 spiro atoms. The molecule has 1 aliphatic rings. The molecule has 3 heteroatoms. The SMILES string of the molecule is CC1(O[Si](c2ccccc2)(c2ccccc2)C(C)(C)C)CCCCC1=O. The lowest BCUT2D eigenvalue weighted by atomic mass is 9.85. The van der Waals surface area contributed by atoms with E-state index in [4.69, 9.17) is 4.43 Å². The molecule has 1 unspecified atom stereocenters. The Morgan fingerprint density at radius 2 is 1.38 bits per heavy atom. The van der Waals surface area contributed by atoms with Crippen LogP contribution in [0.2, 0.25) is 5.04 Å². The number of rotatable bonds is 4. The number of ketones is 1. The first-order valence-electron chi connectivity index (χ1n) is 9.64. The van der Waals surface area contributed by atoms with Gasteiger partial charge in [0, 0.05) is 6.42 Å². The summed E-state index contributed by atoms with van der Waals surface area (Å²) in [5.74, 6) is 0.261. The lowest BCUT2D eigenvalue weighted by Gasteiger charge is -2.49. The first-order valence-corrected chi connectivity index (χ1v) is 11.5. The summed E-state index contributed by atoms with van der Waals surface area (Å²) in [7, 11) is -2.67. The van der Waals surface area contributed by atoms with E-state index in [2.05, 4.69) is 69.3 Å². The third kappa shape index (κ3) is 3.30. The summed E-state index contributed by atoms with van der Waals surface area (Å²) in [5, 5.41) is 2.37. The molecule has 0 amide bonds. The van der Waals surface area contributed by atoms with Crippen molar-refractivity contribution in [3.63, 3.8) is 0 Å². The largest absolute Gasteiger partial charge is 0.395 e. The maximum Gasteiger partial charge on any atom is 0.262 e. The molecular weight excluding hydrogens is 336 g/mol. The van der Waals surface area contributed by atoms with E-state index < -0.39 is 13.9 Å². The number of hydrogen-bond donors (Lipinski definition) is 0. The zero-order valence-corrected chi connectivity index (χ0v) is 17.4. The van der Waals surface area contributed by atoms with Crippen LogP contribution in [0, 0.1) is 0 Å². The quantitative estimate of drug-likeness (QED) is 0.747. The van der Waals surface area contributed by atoms with Gasteiger partial charge in [-0.15, -0.1) is 0 Å². The molecule has 0 saturated heterocycles. The van der Waals surface area contributed by atoms with Crippen LogP contribution in [0.15, 0.2) is 60.7 Å². The van der Waals surface area contributed by atoms with Gasteiger partial charge in [-0.1, -0.05) is 81.4 Å². The van der Waals surface area contributed by atoms with Gasteiger partial charge in [-0.05, 0) is 41.6 Å². The maximum atomic E-state index is 12.9. The second-order valence-corrected chi connectivity index (χ2v) is 12.8. The van der Waals surface area contributed by atoms with Gasteiger partial charge in [-0.3, -0.25) is 4.79 Å². The minimum absolute atomic E-state index is 0.101. The number of carbonyl (C=O) groups excluding carboxylic acids is 1. The van der Waals surface area contributed by atoms with E-state index in [0.29, 0.717) is 6.42 Å². The summed E-state index contributed by atoms with van der Waals surface area (Å²) < 4.78 is 7.10. The second kappa shape index (κ2) is 7.13. The van der Waals surface area contributed by atoms with Crippen LogP contribution in [0.1, 0.15) is 53.4 Å². The first kappa shape index (κ1) is 19.1. The van der Waals surface area contributed by atoms with Crippen molar-refractivity contribution in [1.29, 1.82) is 0 Å². The fraction of sp³-hybridized carbons (Fsp3) is 0.435.